The maximum Gasteiger partial charge on any atom is 0.241 e. The first-order valence-electron chi connectivity index (χ1n) is 7.64. The van der Waals surface area contributed by atoms with E-state index in [9.17, 15) is 8.42 Å². The molecule has 0 bridgehead atoms. The Balaban J connectivity index is 1.88. The van der Waals surface area contributed by atoms with Crippen LogP contribution in [0.15, 0.2) is 41.6 Å². The predicted octanol–water partition coefficient (Wildman–Crippen LogP) is 1.90. The first-order chi connectivity index (χ1) is 10.6. The highest BCUT2D eigenvalue weighted by atomic mass is 32.2. The van der Waals surface area contributed by atoms with Gasteiger partial charge >= 0.3 is 0 Å². The molecule has 0 aliphatic carbocycles. The number of sulfonamides is 1. The standard InChI is InChI=1S/C16H21N3O2S/c1-12(13-5-8-17-9-6-13)19-22(20,21)16-4-2-3-14-11-18-10-7-15(14)16/h2-4,7,10-13,17,19H,5-6,8-9H2,1H3. The second-order valence-electron chi connectivity index (χ2n) is 5.85. The summed E-state index contributed by atoms with van der Waals surface area (Å²) in [5.41, 5.74) is 0. The molecule has 1 aromatic heterocycles. The van der Waals surface area contributed by atoms with Gasteiger partial charge in [-0.3, -0.25) is 4.98 Å². The van der Waals surface area contributed by atoms with Crippen LogP contribution in [0.1, 0.15) is 19.8 Å². The molecular formula is C16H21N3O2S. The van der Waals surface area contributed by atoms with Crippen molar-refractivity contribution in [1.29, 1.82) is 0 Å². The molecule has 2 aromatic rings. The molecule has 2 heterocycles. The molecule has 0 amide bonds. The van der Waals surface area contributed by atoms with E-state index in [1.54, 1.807) is 30.6 Å². The highest BCUT2D eigenvalue weighted by Crippen LogP contribution is 2.24. The molecule has 2 N–H and O–H groups in total. The summed E-state index contributed by atoms with van der Waals surface area (Å²) in [6.45, 7) is 3.87. The molecule has 0 saturated carbocycles. The monoisotopic (exact) mass is 319 g/mol. The number of piperidine rings is 1. The Bertz CT molecular complexity index is 750. The summed E-state index contributed by atoms with van der Waals surface area (Å²) in [5, 5.41) is 4.85. The van der Waals surface area contributed by atoms with Crippen LogP contribution in [0.25, 0.3) is 10.8 Å². The van der Waals surface area contributed by atoms with Gasteiger partial charge in [0.05, 0.1) is 4.90 Å². The molecule has 0 radical (unpaired) electrons. The number of aromatic nitrogens is 1. The predicted molar refractivity (Wildman–Crippen MR) is 87.1 cm³/mol. The average Bonchev–Trinajstić information content (AvgIpc) is 2.54. The van der Waals surface area contributed by atoms with E-state index >= 15 is 0 Å². The van der Waals surface area contributed by atoms with Gasteiger partial charge in [0.1, 0.15) is 0 Å². The van der Waals surface area contributed by atoms with Crippen LogP contribution in [0.5, 0.6) is 0 Å². The second kappa shape index (κ2) is 6.32. The minimum atomic E-state index is -3.53. The Morgan fingerprint density at radius 2 is 2.05 bits per heavy atom. The van der Waals surface area contributed by atoms with Crippen molar-refractivity contribution >= 4 is 20.8 Å². The molecule has 1 fully saturated rings. The molecule has 1 aliphatic heterocycles. The molecule has 6 heteroatoms. The molecule has 1 aromatic carbocycles. The number of hydrogen-bond donors (Lipinski definition) is 2. The van der Waals surface area contributed by atoms with Crippen LogP contribution in [0.3, 0.4) is 0 Å². The largest absolute Gasteiger partial charge is 0.317 e. The lowest BCUT2D eigenvalue weighted by Crippen LogP contribution is -2.42. The Labute approximate surface area is 131 Å². The minimum Gasteiger partial charge on any atom is -0.317 e. The van der Waals surface area contributed by atoms with E-state index in [2.05, 4.69) is 15.0 Å². The van der Waals surface area contributed by atoms with Crippen molar-refractivity contribution in [2.24, 2.45) is 5.92 Å². The molecule has 22 heavy (non-hydrogen) atoms. The molecule has 1 unspecified atom stereocenters. The van der Waals surface area contributed by atoms with Crippen LogP contribution in [-0.2, 0) is 10.0 Å². The third kappa shape index (κ3) is 3.14. The van der Waals surface area contributed by atoms with E-state index < -0.39 is 10.0 Å². The Kier molecular flexibility index (Phi) is 4.42. The van der Waals surface area contributed by atoms with Crippen molar-refractivity contribution in [1.82, 2.24) is 15.0 Å². The van der Waals surface area contributed by atoms with Gasteiger partial charge in [-0.05, 0) is 50.9 Å². The summed E-state index contributed by atoms with van der Waals surface area (Å²) >= 11 is 0. The Hall–Kier alpha value is -1.50. The van der Waals surface area contributed by atoms with Crippen LogP contribution >= 0.6 is 0 Å². The summed E-state index contributed by atoms with van der Waals surface area (Å²) in [5.74, 6) is 0.382. The van der Waals surface area contributed by atoms with Crippen molar-refractivity contribution in [3.05, 3.63) is 36.7 Å². The summed E-state index contributed by atoms with van der Waals surface area (Å²) in [6.07, 6.45) is 5.31. The normalized spacial score (nSPS) is 18.4. The fraction of sp³-hybridized carbons (Fsp3) is 0.438. The minimum absolute atomic E-state index is 0.0656. The highest BCUT2D eigenvalue weighted by molar-refractivity contribution is 7.89. The molecule has 118 valence electrons. The van der Waals surface area contributed by atoms with Crippen molar-refractivity contribution < 1.29 is 8.42 Å². The Morgan fingerprint density at radius 3 is 2.82 bits per heavy atom. The topological polar surface area (TPSA) is 71.1 Å². The summed E-state index contributed by atoms with van der Waals surface area (Å²) in [4.78, 5) is 4.38. The molecule has 1 aliphatic rings. The summed E-state index contributed by atoms with van der Waals surface area (Å²) < 4.78 is 28.4. The number of nitrogens with one attached hydrogen (secondary N) is 2. The van der Waals surface area contributed by atoms with Crippen molar-refractivity contribution in [2.75, 3.05) is 13.1 Å². The number of rotatable bonds is 4. The zero-order chi connectivity index (χ0) is 15.6. The molecule has 1 saturated heterocycles. The van der Waals surface area contributed by atoms with E-state index in [1.165, 1.54) is 0 Å². The van der Waals surface area contributed by atoms with Gasteiger partial charge in [0.15, 0.2) is 0 Å². The number of nitrogens with zero attached hydrogens (tertiary/aromatic N) is 1. The van der Waals surface area contributed by atoms with E-state index in [0.29, 0.717) is 16.2 Å². The molecular weight excluding hydrogens is 298 g/mol. The number of benzene rings is 1. The fourth-order valence-electron chi connectivity index (χ4n) is 3.08. The molecule has 1 atom stereocenters. The van der Waals surface area contributed by atoms with E-state index in [0.717, 1.165) is 31.3 Å². The quantitative estimate of drug-likeness (QED) is 0.903. The number of fused-ring (bicyclic) bond motifs is 1. The molecule has 0 spiro atoms. The van der Waals surface area contributed by atoms with Gasteiger partial charge in [0.25, 0.3) is 0 Å². The van der Waals surface area contributed by atoms with Crippen LogP contribution in [-0.4, -0.2) is 32.5 Å². The van der Waals surface area contributed by atoms with Gasteiger partial charge in [-0.25, -0.2) is 13.1 Å². The first kappa shape index (κ1) is 15.4. The van der Waals surface area contributed by atoms with Crippen LogP contribution in [0.4, 0.5) is 0 Å². The lowest BCUT2D eigenvalue weighted by Gasteiger charge is -2.28. The fourth-order valence-corrected chi connectivity index (χ4v) is 4.62. The van der Waals surface area contributed by atoms with Gasteiger partial charge in [-0.2, -0.15) is 0 Å². The van der Waals surface area contributed by atoms with Gasteiger partial charge in [0.2, 0.25) is 10.0 Å². The van der Waals surface area contributed by atoms with E-state index in [1.807, 2.05) is 13.0 Å². The van der Waals surface area contributed by atoms with Crippen LogP contribution in [0.2, 0.25) is 0 Å². The third-order valence-corrected chi connectivity index (χ3v) is 5.98. The summed E-state index contributed by atoms with van der Waals surface area (Å²) in [6, 6.07) is 6.97. The first-order valence-corrected chi connectivity index (χ1v) is 9.12. The van der Waals surface area contributed by atoms with Gasteiger partial charge in [-0.15, -0.1) is 0 Å². The number of pyridine rings is 1. The second-order valence-corrected chi connectivity index (χ2v) is 7.53. The van der Waals surface area contributed by atoms with Gasteiger partial charge < -0.3 is 5.32 Å². The lowest BCUT2D eigenvalue weighted by molar-refractivity contribution is 0.316. The smallest absolute Gasteiger partial charge is 0.241 e. The van der Waals surface area contributed by atoms with Gasteiger partial charge in [-0.1, -0.05) is 12.1 Å². The van der Waals surface area contributed by atoms with Crippen molar-refractivity contribution in [3.8, 4) is 0 Å². The summed E-state index contributed by atoms with van der Waals surface area (Å²) in [7, 11) is -3.53. The Morgan fingerprint density at radius 1 is 1.27 bits per heavy atom. The van der Waals surface area contributed by atoms with Crippen LogP contribution < -0.4 is 10.0 Å². The SMILES string of the molecule is CC(NS(=O)(=O)c1cccc2cnccc12)C1CCNCC1. The zero-order valence-electron chi connectivity index (χ0n) is 12.6. The maximum atomic E-state index is 12.8. The zero-order valence-corrected chi connectivity index (χ0v) is 13.4. The van der Waals surface area contributed by atoms with Crippen molar-refractivity contribution in [2.45, 2.75) is 30.7 Å². The molecule has 5 nitrogen and oxygen atoms in total. The molecule has 3 rings (SSSR count). The number of hydrogen-bond acceptors (Lipinski definition) is 4. The van der Waals surface area contributed by atoms with E-state index in [4.69, 9.17) is 0 Å². The van der Waals surface area contributed by atoms with Crippen molar-refractivity contribution in [3.63, 3.8) is 0 Å². The highest BCUT2D eigenvalue weighted by Gasteiger charge is 2.26. The van der Waals surface area contributed by atoms with Crippen LogP contribution in [0, 0.1) is 5.92 Å². The third-order valence-electron chi connectivity index (χ3n) is 4.36. The lowest BCUT2D eigenvalue weighted by atomic mass is 9.92. The average molecular weight is 319 g/mol. The maximum absolute atomic E-state index is 12.8. The van der Waals surface area contributed by atoms with E-state index in [-0.39, 0.29) is 6.04 Å². The van der Waals surface area contributed by atoms with Gasteiger partial charge in [0, 0.05) is 29.2 Å².